The van der Waals surface area contributed by atoms with Gasteiger partial charge in [-0.3, -0.25) is 14.5 Å². The van der Waals surface area contributed by atoms with E-state index in [1.54, 1.807) is 18.5 Å². The molecular formula is C17H20ClN7O. The minimum Gasteiger partial charge on any atom is -0.358 e. The fourth-order valence-corrected chi connectivity index (χ4v) is 3.47. The maximum Gasteiger partial charge on any atom is 0.242 e. The van der Waals surface area contributed by atoms with Crippen molar-refractivity contribution in [1.82, 2.24) is 20.0 Å². The zero-order valence-corrected chi connectivity index (χ0v) is 14.9. The van der Waals surface area contributed by atoms with Gasteiger partial charge in [-0.1, -0.05) is 6.08 Å². The third kappa shape index (κ3) is 3.24. The van der Waals surface area contributed by atoms with Gasteiger partial charge in [-0.2, -0.15) is 0 Å². The first-order valence-electron chi connectivity index (χ1n) is 8.66. The molecule has 8 nitrogen and oxygen atoms in total. The van der Waals surface area contributed by atoms with Gasteiger partial charge >= 0.3 is 0 Å². The molecule has 0 aliphatic carbocycles. The summed E-state index contributed by atoms with van der Waals surface area (Å²) in [5.74, 6) is 7.13. The van der Waals surface area contributed by atoms with Gasteiger partial charge in [0.05, 0.1) is 11.9 Å². The van der Waals surface area contributed by atoms with Crippen molar-refractivity contribution in [3.05, 3.63) is 29.2 Å². The number of carbonyl (C=O) groups excluding carboxylic acids is 1. The van der Waals surface area contributed by atoms with Crippen molar-refractivity contribution >= 4 is 29.4 Å². The van der Waals surface area contributed by atoms with Gasteiger partial charge < -0.3 is 16.5 Å². The predicted octanol–water partition coefficient (Wildman–Crippen LogP) is -0.239. The normalized spacial score (nSPS) is 22.4. The molecule has 4 rings (SSSR count). The second kappa shape index (κ2) is 6.95. The quantitative estimate of drug-likeness (QED) is 0.508. The molecule has 1 saturated heterocycles. The Morgan fingerprint density at radius 3 is 3.15 bits per heavy atom. The molecule has 2 aromatic heterocycles. The molecule has 136 valence electrons. The summed E-state index contributed by atoms with van der Waals surface area (Å²) >= 11 is 6.21. The Morgan fingerprint density at radius 1 is 1.38 bits per heavy atom. The number of nitrogens with two attached hydrogens (primary N) is 1. The lowest BCUT2D eigenvalue weighted by Crippen LogP contribution is -2.38. The van der Waals surface area contributed by atoms with Crippen LogP contribution in [0.4, 0.5) is 5.82 Å². The van der Waals surface area contributed by atoms with E-state index in [1.807, 2.05) is 6.08 Å². The van der Waals surface area contributed by atoms with E-state index >= 15 is 0 Å². The van der Waals surface area contributed by atoms with Crippen LogP contribution in [0.3, 0.4) is 0 Å². The maximum absolute atomic E-state index is 12.1. The number of amides is 1. The number of nitrogen functional groups attached to an aromatic ring is 1. The number of aromatic nitrogens is 3. The Balaban J connectivity index is 1.67. The van der Waals surface area contributed by atoms with E-state index in [9.17, 15) is 4.79 Å². The van der Waals surface area contributed by atoms with E-state index in [4.69, 9.17) is 17.4 Å². The van der Waals surface area contributed by atoms with E-state index in [0.717, 1.165) is 36.6 Å². The molecule has 1 fully saturated rings. The minimum absolute atomic E-state index is 0.00488. The molecule has 0 radical (unpaired) electrons. The number of fused-ring (bicyclic) bond motifs is 1. The van der Waals surface area contributed by atoms with Crippen LogP contribution in [0.25, 0.3) is 17.5 Å². The Morgan fingerprint density at radius 2 is 2.27 bits per heavy atom. The monoisotopic (exact) mass is 373 g/mol. The highest BCUT2D eigenvalue weighted by molar-refractivity contribution is 6.24. The molecule has 1 amide bonds. The molecule has 2 unspecified atom stereocenters. The van der Waals surface area contributed by atoms with Gasteiger partial charge in [0.15, 0.2) is 11.3 Å². The van der Waals surface area contributed by atoms with Crippen LogP contribution in [0.5, 0.6) is 0 Å². The number of halogens is 1. The number of hydrogen-bond donors (Lipinski definition) is 3. The van der Waals surface area contributed by atoms with E-state index in [-0.39, 0.29) is 17.3 Å². The first-order valence-corrected chi connectivity index (χ1v) is 9.10. The minimum atomic E-state index is -0.290. The number of alkyl halides is 1. The van der Waals surface area contributed by atoms with Gasteiger partial charge in [0.25, 0.3) is 0 Å². The molecule has 2 aromatic rings. The molecule has 0 aromatic carbocycles. The number of carbonyl (C=O) groups is 1. The maximum atomic E-state index is 12.1. The van der Waals surface area contributed by atoms with Crippen molar-refractivity contribution in [2.45, 2.75) is 30.7 Å². The smallest absolute Gasteiger partial charge is 0.242 e. The van der Waals surface area contributed by atoms with Gasteiger partial charge in [-0.05, 0) is 25.3 Å². The second-order valence-corrected chi connectivity index (χ2v) is 7.02. The summed E-state index contributed by atoms with van der Waals surface area (Å²) in [6.07, 6.45) is 8.10. The van der Waals surface area contributed by atoms with Crippen LogP contribution in [0.2, 0.25) is 0 Å². The van der Waals surface area contributed by atoms with Crippen LogP contribution in [0.1, 0.15) is 19.3 Å². The third-order valence-electron chi connectivity index (χ3n) is 4.56. The Bertz CT molecular complexity index is 955. The van der Waals surface area contributed by atoms with Crippen molar-refractivity contribution in [2.75, 3.05) is 24.2 Å². The molecule has 0 spiro atoms. The average Bonchev–Trinajstić information content (AvgIpc) is 2.82. The number of hydrogen-bond acceptors (Lipinski definition) is 6. The highest BCUT2D eigenvalue weighted by Gasteiger charge is 2.21. The predicted molar refractivity (Wildman–Crippen MR) is 99.6 cm³/mol. The lowest BCUT2D eigenvalue weighted by Gasteiger charge is -2.16. The van der Waals surface area contributed by atoms with E-state index in [2.05, 4.69) is 25.6 Å². The summed E-state index contributed by atoms with van der Waals surface area (Å²) in [5, 5.41) is 6.78. The largest absolute Gasteiger partial charge is 0.358 e. The first-order chi connectivity index (χ1) is 12.6. The number of nitrogens with one attached hydrogen (secondary N) is 2. The molecule has 2 aliphatic heterocycles. The molecule has 0 saturated carbocycles. The summed E-state index contributed by atoms with van der Waals surface area (Å²) in [4.78, 5) is 25.5. The van der Waals surface area contributed by atoms with Crippen molar-refractivity contribution < 1.29 is 4.79 Å². The van der Waals surface area contributed by atoms with Gasteiger partial charge in [0, 0.05) is 29.7 Å². The summed E-state index contributed by atoms with van der Waals surface area (Å²) in [6.45, 7) is 1.22. The Hall–Kier alpha value is -2.61. The average molecular weight is 374 g/mol. The Labute approximate surface area is 155 Å². The van der Waals surface area contributed by atoms with Crippen molar-refractivity contribution in [2.24, 2.45) is 4.99 Å². The van der Waals surface area contributed by atoms with E-state index in [0.29, 0.717) is 23.7 Å². The number of anilines is 1. The summed E-state index contributed by atoms with van der Waals surface area (Å²) < 4.78 is 1.46. The second-order valence-electron chi connectivity index (χ2n) is 6.46. The highest BCUT2D eigenvalue weighted by Crippen LogP contribution is 2.16. The summed E-state index contributed by atoms with van der Waals surface area (Å²) in [5.41, 5.74) is 1.44. The number of rotatable bonds is 3. The zero-order valence-electron chi connectivity index (χ0n) is 14.2. The lowest BCUT2D eigenvalue weighted by molar-refractivity contribution is -0.121. The van der Waals surface area contributed by atoms with Crippen LogP contribution in [0, 0.1) is 0 Å². The van der Waals surface area contributed by atoms with Crippen LogP contribution in [-0.2, 0) is 4.79 Å². The fourth-order valence-electron chi connectivity index (χ4n) is 3.27. The Kier molecular flexibility index (Phi) is 4.50. The van der Waals surface area contributed by atoms with Gasteiger partial charge in [0.2, 0.25) is 5.91 Å². The molecular weight excluding hydrogens is 354 g/mol. The van der Waals surface area contributed by atoms with E-state index in [1.165, 1.54) is 4.68 Å². The molecule has 4 N–H and O–H groups in total. The SMILES string of the molecule is Nn1cc(-c2nccc(NC3CCCCNC3=O)n2)c2c1=NCC(Cl)C=2. The fraction of sp³-hybridized carbons (Fsp3) is 0.412. The lowest BCUT2D eigenvalue weighted by atomic mass is 10.1. The third-order valence-corrected chi connectivity index (χ3v) is 4.82. The molecule has 9 heteroatoms. The van der Waals surface area contributed by atoms with Crippen LogP contribution >= 0.6 is 11.6 Å². The molecule has 2 atom stereocenters. The molecule has 4 heterocycles. The van der Waals surface area contributed by atoms with Crippen molar-refractivity contribution in [3.8, 4) is 11.4 Å². The van der Waals surface area contributed by atoms with Gasteiger partial charge in [-0.15, -0.1) is 11.6 Å². The van der Waals surface area contributed by atoms with Crippen LogP contribution in [-0.4, -0.2) is 45.1 Å². The first kappa shape index (κ1) is 16.8. The molecule has 2 aliphatic rings. The van der Waals surface area contributed by atoms with Crippen molar-refractivity contribution in [3.63, 3.8) is 0 Å². The summed E-state index contributed by atoms with van der Waals surface area (Å²) in [7, 11) is 0. The topological polar surface area (TPSA) is 110 Å². The summed E-state index contributed by atoms with van der Waals surface area (Å²) in [6, 6.07) is 1.47. The highest BCUT2D eigenvalue weighted by atomic mass is 35.5. The van der Waals surface area contributed by atoms with E-state index < -0.39 is 0 Å². The van der Waals surface area contributed by atoms with Crippen molar-refractivity contribution in [1.29, 1.82) is 0 Å². The zero-order chi connectivity index (χ0) is 18.1. The van der Waals surface area contributed by atoms with Crippen LogP contribution in [0.15, 0.2) is 23.5 Å². The molecule has 0 bridgehead atoms. The number of nitrogens with zero attached hydrogens (tertiary/aromatic N) is 4. The van der Waals surface area contributed by atoms with Crippen LogP contribution < -0.4 is 27.2 Å². The molecule has 26 heavy (non-hydrogen) atoms. The van der Waals surface area contributed by atoms with Gasteiger partial charge in [-0.25, -0.2) is 9.97 Å². The van der Waals surface area contributed by atoms with Gasteiger partial charge in [0.1, 0.15) is 11.9 Å². The standard InChI is InChI=1S/C17H20ClN7O/c18-10-7-11-12(9-25(19)16(11)22-8-10)15-20-6-4-14(24-15)23-13-3-1-2-5-21-17(13)26/h4,6-7,9-10,13H,1-3,5,8,19H2,(H,21,26)(H,20,23,24).